The smallest absolute Gasteiger partial charge is 0.410 e. The van der Waals surface area contributed by atoms with Crippen LogP contribution in [-0.2, 0) is 16.0 Å². The molecule has 0 bridgehead atoms. The molecular weight excluding hydrogens is 357 g/mol. The predicted octanol–water partition coefficient (Wildman–Crippen LogP) is 4.37. The number of aromatic nitrogens is 1. The van der Waals surface area contributed by atoms with Crippen molar-refractivity contribution < 1.29 is 20.1 Å². The molecule has 0 radical (unpaired) electrons. The highest BCUT2D eigenvalue weighted by atomic mass is 32.1. The largest absolute Gasteiger partial charge is 0.444 e. The van der Waals surface area contributed by atoms with Gasteiger partial charge in [-0.15, -0.1) is 11.3 Å². The van der Waals surface area contributed by atoms with Gasteiger partial charge in [0.1, 0.15) is 23.2 Å². The van der Waals surface area contributed by atoms with E-state index in [9.17, 15) is 14.0 Å². The minimum atomic E-state index is -0.617. The van der Waals surface area contributed by atoms with Crippen molar-refractivity contribution in [3.8, 4) is 0 Å². The number of ether oxygens (including phenoxy) is 1. The summed E-state index contributed by atoms with van der Waals surface area (Å²) in [7, 11) is 0. The number of carbonyl (C=O) groups is 2. The Kier molecular flexibility index (Phi) is 5.32. The summed E-state index contributed by atoms with van der Waals surface area (Å²) in [5.74, 6) is -0.637. The first-order chi connectivity index (χ1) is 12.2. The fourth-order valence-corrected chi connectivity index (χ4v) is 4.10. The number of halogens is 1. The average molecular weight is 383 g/mol. The van der Waals surface area contributed by atoms with Crippen LogP contribution in [-0.4, -0.2) is 40.1 Å². The van der Waals surface area contributed by atoms with Crippen molar-refractivity contribution in [3.63, 3.8) is 0 Å². The molecule has 3 rings (SSSR count). The average Bonchev–Trinajstić information content (AvgIpc) is 2.97. The molecule has 2 aliphatic rings. The van der Waals surface area contributed by atoms with E-state index in [1.165, 1.54) is 22.3 Å². The second kappa shape index (κ2) is 7.34. The standard InChI is InChI=1S/C18H24FN3O3S.H2/c1-18(2,3)25-17(24)22-10-5-4-8-12(22)15(23)21-16-20-14-11(19)7-6-9-13(14)26-16;/h7,12H,4-6,8-10H2,1-3H3,(H,20,21,23);1H/t12-;/m0./s1. The first-order valence-corrected chi connectivity index (χ1v) is 9.72. The Hall–Kier alpha value is -1.96. The highest BCUT2D eigenvalue weighted by Gasteiger charge is 2.35. The Bertz CT molecular complexity index is 745. The lowest BCUT2D eigenvalue weighted by Gasteiger charge is -2.35. The van der Waals surface area contributed by atoms with Crippen LogP contribution in [0.2, 0.25) is 0 Å². The number of hydrogen-bond donors (Lipinski definition) is 1. The molecule has 0 saturated carbocycles. The van der Waals surface area contributed by atoms with Crippen molar-refractivity contribution in [2.75, 3.05) is 11.9 Å². The van der Waals surface area contributed by atoms with E-state index >= 15 is 0 Å². The molecule has 2 heterocycles. The fraction of sp³-hybridized carbons (Fsp3) is 0.611. The number of fused-ring (bicyclic) bond motifs is 1. The molecule has 1 aliphatic carbocycles. The van der Waals surface area contributed by atoms with E-state index < -0.39 is 17.7 Å². The Morgan fingerprint density at radius 1 is 1.42 bits per heavy atom. The molecule has 2 amide bonds. The van der Waals surface area contributed by atoms with Gasteiger partial charge in [-0.3, -0.25) is 9.69 Å². The third kappa shape index (κ3) is 4.23. The minimum absolute atomic E-state index is 0. The Morgan fingerprint density at radius 2 is 2.19 bits per heavy atom. The SMILES string of the molecule is CC(C)(C)OC(=O)N1CCCC[C@H]1C(=O)Nc1nc2c(s1)CCC=C2F.[HH]. The third-order valence-corrected chi connectivity index (χ3v) is 5.31. The number of nitrogens with one attached hydrogen (secondary N) is 1. The molecule has 1 fully saturated rings. The molecule has 8 heteroatoms. The number of carbonyl (C=O) groups excluding carboxylic acids is 2. The van der Waals surface area contributed by atoms with Gasteiger partial charge in [-0.1, -0.05) is 0 Å². The summed E-state index contributed by atoms with van der Waals surface area (Å²) in [6.45, 7) is 5.88. The Morgan fingerprint density at radius 3 is 2.88 bits per heavy atom. The topological polar surface area (TPSA) is 71.5 Å². The van der Waals surface area contributed by atoms with E-state index in [0.29, 0.717) is 30.2 Å². The fourth-order valence-electron chi connectivity index (χ4n) is 3.12. The van der Waals surface area contributed by atoms with Crippen LogP contribution in [0.4, 0.5) is 14.3 Å². The van der Waals surface area contributed by atoms with Crippen LogP contribution in [0.1, 0.15) is 58.5 Å². The van der Waals surface area contributed by atoms with Crippen molar-refractivity contribution in [1.82, 2.24) is 9.88 Å². The normalized spacial score (nSPS) is 20.2. The summed E-state index contributed by atoms with van der Waals surface area (Å²) in [5.41, 5.74) is -0.294. The maximum absolute atomic E-state index is 13.8. The summed E-state index contributed by atoms with van der Waals surface area (Å²) in [5, 5.41) is 3.14. The van der Waals surface area contributed by atoms with E-state index in [1.54, 1.807) is 20.8 Å². The number of rotatable bonds is 2. The number of hydrogen-bond acceptors (Lipinski definition) is 5. The predicted molar refractivity (Wildman–Crippen MR) is 101 cm³/mol. The number of thiazole rings is 1. The number of nitrogens with zero attached hydrogens (tertiary/aromatic N) is 2. The lowest BCUT2D eigenvalue weighted by Crippen LogP contribution is -2.51. The third-order valence-electron chi connectivity index (χ3n) is 4.28. The van der Waals surface area contributed by atoms with Gasteiger partial charge in [0.25, 0.3) is 0 Å². The van der Waals surface area contributed by atoms with E-state index in [0.717, 1.165) is 24.1 Å². The molecule has 0 unspecified atom stereocenters. The van der Waals surface area contributed by atoms with Crippen LogP contribution in [0.25, 0.3) is 5.83 Å². The zero-order chi connectivity index (χ0) is 18.9. The van der Waals surface area contributed by atoms with Gasteiger partial charge in [-0.05, 0) is 59.0 Å². The number of piperidine rings is 1. The van der Waals surface area contributed by atoms with Gasteiger partial charge in [-0.2, -0.15) is 0 Å². The molecule has 1 atom stereocenters. The maximum atomic E-state index is 13.8. The Labute approximate surface area is 157 Å². The van der Waals surface area contributed by atoms with E-state index in [1.807, 2.05) is 0 Å². The summed E-state index contributed by atoms with van der Waals surface area (Å²) in [6, 6.07) is -0.597. The number of aryl methyl sites for hydroxylation is 1. The van der Waals surface area contributed by atoms with E-state index in [4.69, 9.17) is 4.74 Å². The molecule has 26 heavy (non-hydrogen) atoms. The quantitative estimate of drug-likeness (QED) is 0.823. The van der Waals surface area contributed by atoms with Crippen LogP contribution in [0.15, 0.2) is 6.08 Å². The molecule has 1 aromatic heterocycles. The summed E-state index contributed by atoms with van der Waals surface area (Å²) in [6.07, 6.45) is 4.68. The number of likely N-dealkylation sites (tertiary alicyclic amines) is 1. The molecule has 0 aromatic carbocycles. The second-order valence-electron chi connectivity index (χ2n) is 7.56. The minimum Gasteiger partial charge on any atom is -0.444 e. The number of anilines is 1. The van der Waals surface area contributed by atoms with Crippen molar-refractivity contribution in [2.45, 2.75) is 64.5 Å². The van der Waals surface area contributed by atoms with Crippen LogP contribution < -0.4 is 5.32 Å². The molecule has 144 valence electrons. The summed E-state index contributed by atoms with van der Waals surface area (Å²) in [4.78, 5) is 31.7. The number of allylic oxidation sites excluding steroid dienone is 1. The van der Waals surface area contributed by atoms with Crippen molar-refractivity contribution >= 4 is 34.3 Å². The van der Waals surface area contributed by atoms with E-state index in [2.05, 4.69) is 10.3 Å². The highest BCUT2D eigenvalue weighted by molar-refractivity contribution is 7.16. The lowest BCUT2D eigenvalue weighted by molar-refractivity contribution is -0.122. The molecule has 1 aromatic rings. The van der Waals surface area contributed by atoms with Crippen LogP contribution in [0.3, 0.4) is 0 Å². The lowest BCUT2D eigenvalue weighted by atomic mass is 10.0. The maximum Gasteiger partial charge on any atom is 0.410 e. The Balaban J connectivity index is 0.00000261. The zero-order valence-corrected chi connectivity index (χ0v) is 16.1. The first kappa shape index (κ1) is 18.8. The van der Waals surface area contributed by atoms with Crippen molar-refractivity contribution in [3.05, 3.63) is 16.6 Å². The molecule has 0 spiro atoms. The molecule has 1 aliphatic heterocycles. The van der Waals surface area contributed by atoms with Gasteiger partial charge in [0.15, 0.2) is 5.13 Å². The highest BCUT2D eigenvalue weighted by Crippen LogP contribution is 2.34. The van der Waals surface area contributed by atoms with Gasteiger partial charge in [0, 0.05) is 12.8 Å². The van der Waals surface area contributed by atoms with Gasteiger partial charge in [-0.25, -0.2) is 14.2 Å². The molecular formula is C18H26FN3O3S. The second-order valence-corrected chi connectivity index (χ2v) is 8.64. The van der Waals surface area contributed by atoms with Gasteiger partial charge in [0.2, 0.25) is 5.91 Å². The molecule has 1 N–H and O–H groups in total. The monoisotopic (exact) mass is 383 g/mol. The van der Waals surface area contributed by atoms with Crippen LogP contribution in [0.5, 0.6) is 0 Å². The molecule has 6 nitrogen and oxygen atoms in total. The zero-order valence-electron chi connectivity index (χ0n) is 15.3. The van der Waals surface area contributed by atoms with Gasteiger partial charge >= 0.3 is 6.09 Å². The van der Waals surface area contributed by atoms with Crippen LogP contribution >= 0.6 is 11.3 Å². The summed E-state index contributed by atoms with van der Waals surface area (Å²) >= 11 is 1.29. The molecule has 1 saturated heterocycles. The summed E-state index contributed by atoms with van der Waals surface area (Å²) < 4.78 is 19.3. The van der Waals surface area contributed by atoms with Crippen molar-refractivity contribution in [1.29, 1.82) is 0 Å². The first-order valence-electron chi connectivity index (χ1n) is 8.91. The van der Waals surface area contributed by atoms with E-state index in [-0.39, 0.29) is 13.2 Å². The van der Waals surface area contributed by atoms with Crippen molar-refractivity contribution in [2.24, 2.45) is 0 Å². The van der Waals surface area contributed by atoms with Crippen LogP contribution in [0, 0.1) is 0 Å². The number of amides is 2. The van der Waals surface area contributed by atoms with Gasteiger partial charge < -0.3 is 10.1 Å². The van der Waals surface area contributed by atoms with Gasteiger partial charge in [0.05, 0.1) is 0 Å².